The number of fused-ring (bicyclic) bond motifs is 1. The van der Waals surface area contributed by atoms with Crippen LogP contribution in [0.4, 0.5) is 5.69 Å². The Morgan fingerprint density at radius 3 is 2.38 bits per heavy atom. The summed E-state index contributed by atoms with van der Waals surface area (Å²) in [5, 5.41) is 13.0. The van der Waals surface area contributed by atoms with Crippen molar-refractivity contribution < 1.29 is 13.1 Å². The number of sulfonamides is 1. The van der Waals surface area contributed by atoms with Crippen molar-refractivity contribution in [2.24, 2.45) is 0 Å². The van der Waals surface area contributed by atoms with Crippen LogP contribution in [0.25, 0.3) is 10.9 Å². The van der Waals surface area contributed by atoms with Gasteiger partial charge in [-0.05, 0) is 37.3 Å². The molecular formula is C17H15BrN2O3S. The molecule has 0 atom stereocenters. The van der Waals surface area contributed by atoms with E-state index in [1.807, 2.05) is 6.92 Å². The van der Waals surface area contributed by atoms with Gasteiger partial charge in [0.2, 0.25) is 5.52 Å². The summed E-state index contributed by atoms with van der Waals surface area (Å²) in [4.78, 5) is 0.145. The number of benzene rings is 2. The summed E-state index contributed by atoms with van der Waals surface area (Å²) in [6.45, 7) is 3.56. The predicted molar refractivity (Wildman–Crippen MR) is 97.3 cm³/mol. The highest BCUT2D eigenvalue weighted by Gasteiger charge is 2.20. The number of aryl methyl sites for hydroxylation is 2. The minimum atomic E-state index is -3.79. The number of nitrogens with zero attached hydrogens (tertiary/aromatic N) is 1. The minimum Gasteiger partial charge on any atom is -0.618 e. The van der Waals surface area contributed by atoms with Crippen LogP contribution in [0, 0.1) is 19.1 Å². The Hall–Kier alpha value is -2.12. The molecule has 2 aromatic carbocycles. The van der Waals surface area contributed by atoms with E-state index in [2.05, 4.69) is 20.7 Å². The van der Waals surface area contributed by atoms with E-state index in [0.29, 0.717) is 15.6 Å². The Kier molecular flexibility index (Phi) is 4.23. The van der Waals surface area contributed by atoms with Crippen LogP contribution in [0.5, 0.6) is 0 Å². The molecule has 1 aromatic heterocycles. The van der Waals surface area contributed by atoms with E-state index in [1.165, 1.54) is 12.1 Å². The van der Waals surface area contributed by atoms with Crippen molar-refractivity contribution in [3.63, 3.8) is 0 Å². The Labute approximate surface area is 148 Å². The Morgan fingerprint density at radius 2 is 1.71 bits per heavy atom. The molecule has 24 heavy (non-hydrogen) atoms. The van der Waals surface area contributed by atoms with Crippen LogP contribution in [0.15, 0.2) is 57.9 Å². The van der Waals surface area contributed by atoms with Gasteiger partial charge in [-0.15, -0.1) is 0 Å². The van der Waals surface area contributed by atoms with Crippen molar-refractivity contribution in [2.45, 2.75) is 18.7 Å². The Morgan fingerprint density at radius 1 is 1.04 bits per heavy atom. The topological polar surface area (TPSA) is 73.1 Å². The number of nitrogens with one attached hydrogen (secondary N) is 1. The van der Waals surface area contributed by atoms with Gasteiger partial charge < -0.3 is 5.21 Å². The standard InChI is InChI=1S/C17H15BrN2O3S/c1-11-3-7-15(8-4-11)24(22,23)19-16-10-14(18)9-13-6-5-12(2)20(21)17(13)16/h3-10,19H,1-2H3. The van der Waals surface area contributed by atoms with Crippen molar-refractivity contribution >= 4 is 42.5 Å². The highest BCUT2D eigenvalue weighted by atomic mass is 79.9. The number of halogens is 1. The number of hydrogen-bond acceptors (Lipinski definition) is 3. The molecule has 0 aliphatic rings. The van der Waals surface area contributed by atoms with E-state index in [0.717, 1.165) is 10.3 Å². The van der Waals surface area contributed by atoms with Gasteiger partial charge in [0.1, 0.15) is 5.69 Å². The fraction of sp³-hybridized carbons (Fsp3) is 0.118. The molecule has 124 valence electrons. The first kappa shape index (κ1) is 16.7. The van der Waals surface area contributed by atoms with Gasteiger partial charge in [-0.3, -0.25) is 4.72 Å². The summed E-state index contributed by atoms with van der Waals surface area (Å²) >= 11 is 3.35. The molecule has 0 radical (unpaired) electrons. The summed E-state index contributed by atoms with van der Waals surface area (Å²) < 4.78 is 29.2. The van der Waals surface area contributed by atoms with Crippen LogP contribution in [-0.4, -0.2) is 8.42 Å². The summed E-state index contributed by atoms with van der Waals surface area (Å²) in [5.74, 6) is 0. The molecule has 1 heterocycles. The van der Waals surface area contributed by atoms with Gasteiger partial charge in [0.15, 0.2) is 5.69 Å². The normalized spacial score (nSPS) is 11.6. The van der Waals surface area contributed by atoms with Crippen molar-refractivity contribution in [1.82, 2.24) is 0 Å². The van der Waals surface area contributed by atoms with Crippen LogP contribution in [0.1, 0.15) is 11.3 Å². The average Bonchev–Trinajstić information content (AvgIpc) is 2.50. The summed E-state index contributed by atoms with van der Waals surface area (Å²) in [7, 11) is -3.79. The number of pyridine rings is 1. The van der Waals surface area contributed by atoms with Crippen molar-refractivity contribution in [1.29, 1.82) is 0 Å². The van der Waals surface area contributed by atoms with Gasteiger partial charge >= 0.3 is 0 Å². The van der Waals surface area contributed by atoms with E-state index >= 15 is 0 Å². The van der Waals surface area contributed by atoms with Crippen molar-refractivity contribution in [3.8, 4) is 0 Å². The maximum Gasteiger partial charge on any atom is 0.262 e. The predicted octanol–water partition coefficient (Wildman–Crippen LogP) is 3.65. The molecule has 1 N–H and O–H groups in total. The zero-order valence-electron chi connectivity index (χ0n) is 13.1. The lowest BCUT2D eigenvalue weighted by Gasteiger charge is -2.12. The van der Waals surface area contributed by atoms with Gasteiger partial charge in [0.25, 0.3) is 10.0 Å². The first-order valence-electron chi connectivity index (χ1n) is 7.20. The molecule has 0 fully saturated rings. The summed E-state index contributed by atoms with van der Waals surface area (Å²) in [6.07, 6.45) is 0. The summed E-state index contributed by atoms with van der Waals surface area (Å²) in [5.41, 5.74) is 1.98. The zero-order valence-corrected chi connectivity index (χ0v) is 15.5. The molecular weight excluding hydrogens is 392 g/mol. The maximum atomic E-state index is 12.6. The lowest BCUT2D eigenvalue weighted by molar-refractivity contribution is -0.583. The first-order valence-corrected chi connectivity index (χ1v) is 9.47. The summed E-state index contributed by atoms with van der Waals surface area (Å²) in [6, 6.07) is 13.4. The maximum absolute atomic E-state index is 12.6. The molecule has 5 nitrogen and oxygen atoms in total. The van der Waals surface area contributed by atoms with Gasteiger partial charge in [-0.2, -0.15) is 4.73 Å². The van der Waals surface area contributed by atoms with Crippen molar-refractivity contribution in [3.05, 3.63) is 69.5 Å². The second kappa shape index (κ2) is 6.07. The number of rotatable bonds is 3. The fourth-order valence-corrected chi connectivity index (χ4v) is 3.96. The Balaban J connectivity index is 2.16. The van der Waals surface area contributed by atoms with Gasteiger partial charge in [-0.25, -0.2) is 8.42 Å². The van der Waals surface area contributed by atoms with Crippen LogP contribution in [-0.2, 0) is 10.0 Å². The van der Waals surface area contributed by atoms with Crippen LogP contribution < -0.4 is 9.45 Å². The third kappa shape index (κ3) is 3.09. The molecule has 0 bridgehead atoms. The molecule has 3 rings (SSSR count). The zero-order chi connectivity index (χ0) is 17.5. The molecule has 3 aromatic rings. The number of anilines is 1. The smallest absolute Gasteiger partial charge is 0.262 e. The molecule has 0 aliphatic carbocycles. The molecule has 0 saturated heterocycles. The lowest BCUT2D eigenvalue weighted by Crippen LogP contribution is -2.32. The second-order valence-corrected chi connectivity index (χ2v) is 8.18. The van der Waals surface area contributed by atoms with E-state index in [4.69, 9.17) is 0 Å². The minimum absolute atomic E-state index is 0.145. The van der Waals surface area contributed by atoms with Crippen LogP contribution >= 0.6 is 15.9 Å². The number of aromatic nitrogens is 1. The van der Waals surface area contributed by atoms with Gasteiger partial charge in [0.05, 0.1) is 10.3 Å². The average molecular weight is 407 g/mol. The second-order valence-electron chi connectivity index (χ2n) is 5.58. The first-order chi connectivity index (χ1) is 11.3. The van der Waals surface area contributed by atoms with Gasteiger partial charge in [-0.1, -0.05) is 33.6 Å². The third-order valence-electron chi connectivity index (χ3n) is 3.71. The highest BCUT2D eigenvalue weighted by Crippen LogP contribution is 2.28. The van der Waals surface area contributed by atoms with E-state index in [9.17, 15) is 13.6 Å². The quantitative estimate of drug-likeness (QED) is 0.532. The Bertz CT molecular complexity index is 1030. The van der Waals surface area contributed by atoms with Crippen molar-refractivity contribution in [2.75, 3.05) is 4.72 Å². The molecule has 0 saturated carbocycles. The molecule has 0 spiro atoms. The van der Waals surface area contributed by atoms with Crippen LogP contribution in [0.2, 0.25) is 0 Å². The SMILES string of the molecule is Cc1ccc(S(=O)(=O)Nc2cc(Br)cc3ccc(C)[n+]([O-])c23)cc1. The number of hydrogen-bond donors (Lipinski definition) is 1. The molecule has 7 heteroatoms. The molecule has 0 amide bonds. The lowest BCUT2D eigenvalue weighted by atomic mass is 10.2. The third-order valence-corrected chi connectivity index (χ3v) is 5.55. The largest absolute Gasteiger partial charge is 0.618 e. The monoisotopic (exact) mass is 406 g/mol. The molecule has 0 aliphatic heterocycles. The van der Waals surface area contributed by atoms with E-state index in [1.54, 1.807) is 43.3 Å². The van der Waals surface area contributed by atoms with E-state index in [-0.39, 0.29) is 16.1 Å². The van der Waals surface area contributed by atoms with E-state index < -0.39 is 10.0 Å². The van der Waals surface area contributed by atoms with Crippen LogP contribution in [0.3, 0.4) is 0 Å². The fourth-order valence-electron chi connectivity index (χ4n) is 2.43. The van der Waals surface area contributed by atoms with Gasteiger partial charge in [0, 0.05) is 17.5 Å². The highest BCUT2D eigenvalue weighted by molar-refractivity contribution is 9.10. The molecule has 0 unspecified atom stereocenters.